The highest BCUT2D eigenvalue weighted by Crippen LogP contribution is 2.26. The Hall–Kier alpha value is -1.89. The van der Waals surface area contributed by atoms with E-state index in [1.165, 1.54) is 12.4 Å². The van der Waals surface area contributed by atoms with Crippen LogP contribution in [-0.4, -0.2) is 30.5 Å². The van der Waals surface area contributed by atoms with Crippen molar-refractivity contribution in [1.29, 1.82) is 0 Å². The summed E-state index contributed by atoms with van der Waals surface area (Å²) in [5.41, 5.74) is 4.39. The van der Waals surface area contributed by atoms with E-state index in [4.69, 9.17) is 16.8 Å². The molecule has 0 aliphatic heterocycles. The van der Waals surface area contributed by atoms with Crippen LogP contribution in [0.4, 0.5) is 0 Å². The fourth-order valence-corrected chi connectivity index (χ4v) is 3.46. The van der Waals surface area contributed by atoms with Crippen LogP contribution in [-0.2, 0) is 21.1 Å². The predicted octanol–water partition coefficient (Wildman–Crippen LogP) is 3.25. The maximum atomic E-state index is 12.0. The average Bonchev–Trinajstić information content (AvgIpc) is 2.59. The summed E-state index contributed by atoms with van der Waals surface area (Å²) in [6.45, 7) is 1.32. The first-order chi connectivity index (χ1) is 11.7. The van der Waals surface area contributed by atoms with Crippen LogP contribution in [0.5, 0.6) is 0 Å². The van der Waals surface area contributed by atoms with Crippen LogP contribution in [0.3, 0.4) is 0 Å². The van der Waals surface area contributed by atoms with Crippen molar-refractivity contribution >= 4 is 27.3 Å². The number of carbonyl (C=O) groups is 1. The molecule has 0 saturated carbocycles. The second-order valence-corrected chi connectivity index (χ2v) is 9.03. The fraction of sp³-hybridized carbons (Fsp3) is 0.278. The molecule has 0 aliphatic carbocycles. The van der Waals surface area contributed by atoms with E-state index >= 15 is 0 Å². The first kappa shape index (κ1) is 19.4. The average molecular weight is 382 g/mol. The zero-order valence-corrected chi connectivity index (χ0v) is 15.6. The quantitative estimate of drug-likeness (QED) is 0.594. The molecule has 0 radical (unpaired) electrons. The molecule has 0 bridgehead atoms. The Morgan fingerprint density at radius 2 is 1.56 bits per heavy atom. The summed E-state index contributed by atoms with van der Waals surface area (Å²) in [5, 5.41) is 9.51. The summed E-state index contributed by atoms with van der Waals surface area (Å²) in [6, 6.07) is 15.1. The van der Waals surface area contributed by atoms with Crippen LogP contribution in [0.25, 0.3) is 11.1 Å². The second-order valence-electron chi connectivity index (χ2n) is 6.15. The molecule has 2 aromatic rings. The van der Waals surface area contributed by atoms with Gasteiger partial charge in [-0.1, -0.05) is 48.0 Å². The van der Waals surface area contributed by atoms with Gasteiger partial charge in [0.15, 0.2) is 9.84 Å². The molecule has 0 saturated heterocycles. The Morgan fingerprint density at radius 3 is 2.00 bits per heavy atom. The van der Waals surface area contributed by atoms with Gasteiger partial charge in [0.1, 0.15) is 4.75 Å². The zero-order valence-electron chi connectivity index (χ0n) is 14.0. The van der Waals surface area contributed by atoms with E-state index in [-0.39, 0.29) is 6.42 Å². The molecule has 134 valence electrons. The van der Waals surface area contributed by atoms with Gasteiger partial charge in [0.05, 0.1) is 0 Å². The monoisotopic (exact) mass is 381 g/mol. The summed E-state index contributed by atoms with van der Waals surface area (Å²) in [4.78, 5) is 11.8. The third-order valence-corrected chi connectivity index (χ3v) is 6.70. The summed E-state index contributed by atoms with van der Waals surface area (Å²) in [7, 11) is -3.69. The normalized spacial score (nSPS) is 13.9. The molecule has 2 N–H and O–H groups in total. The molecule has 0 heterocycles. The molecule has 0 unspecified atom stereocenters. The Labute approximate surface area is 152 Å². The van der Waals surface area contributed by atoms with Gasteiger partial charge >= 0.3 is 0 Å². The lowest BCUT2D eigenvalue weighted by Gasteiger charge is -2.25. The van der Waals surface area contributed by atoms with Crippen molar-refractivity contribution in [3.63, 3.8) is 0 Å². The molecular weight excluding hydrogens is 362 g/mol. The Kier molecular flexibility index (Phi) is 5.87. The minimum absolute atomic E-state index is 0.0680. The third-order valence-electron chi connectivity index (χ3n) is 4.42. The van der Waals surface area contributed by atoms with Crippen molar-refractivity contribution in [2.24, 2.45) is 0 Å². The summed E-state index contributed by atoms with van der Waals surface area (Å²) in [5.74, 6) is -0.923. The molecule has 0 spiro atoms. The van der Waals surface area contributed by atoms with Crippen molar-refractivity contribution in [3.8, 4) is 11.1 Å². The van der Waals surface area contributed by atoms with Crippen LogP contribution in [0.1, 0.15) is 18.9 Å². The van der Waals surface area contributed by atoms with Gasteiger partial charge in [0.2, 0.25) is 0 Å². The molecule has 7 heteroatoms. The van der Waals surface area contributed by atoms with E-state index in [0.29, 0.717) is 11.4 Å². The lowest BCUT2D eigenvalue weighted by molar-refractivity contribution is -0.131. The van der Waals surface area contributed by atoms with Crippen LogP contribution in [0.15, 0.2) is 48.5 Å². The molecule has 0 fully saturated rings. The van der Waals surface area contributed by atoms with Gasteiger partial charge in [-0.25, -0.2) is 13.9 Å². The van der Waals surface area contributed by atoms with Gasteiger partial charge < -0.3 is 0 Å². The van der Waals surface area contributed by atoms with Gasteiger partial charge in [0.25, 0.3) is 5.91 Å². The van der Waals surface area contributed by atoms with Crippen LogP contribution in [0, 0.1) is 0 Å². The minimum atomic E-state index is -3.69. The van der Waals surface area contributed by atoms with Crippen LogP contribution >= 0.6 is 11.6 Å². The lowest BCUT2D eigenvalue weighted by Crippen LogP contribution is -2.49. The smallest absolute Gasteiger partial charge is 0.264 e. The number of aryl methyl sites for hydroxylation is 1. The summed E-state index contributed by atoms with van der Waals surface area (Å²) in [6.07, 6.45) is 1.45. The van der Waals surface area contributed by atoms with Crippen molar-refractivity contribution in [3.05, 3.63) is 59.1 Å². The molecule has 1 amide bonds. The van der Waals surface area contributed by atoms with E-state index in [1.54, 1.807) is 0 Å². The van der Waals surface area contributed by atoms with Crippen molar-refractivity contribution < 1.29 is 18.4 Å². The summed E-state index contributed by atoms with van der Waals surface area (Å²) >= 11 is 5.88. The molecule has 0 aromatic heterocycles. The van der Waals surface area contributed by atoms with Gasteiger partial charge in [-0.2, -0.15) is 0 Å². The summed E-state index contributed by atoms with van der Waals surface area (Å²) < 4.78 is 22.2. The molecule has 2 rings (SSSR count). The number of hydroxylamine groups is 1. The van der Waals surface area contributed by atoms with E-state index in [0.717, 1.165) is 22.9 Å². The van der Waals surface area contributed by atoms with Gasteiger partial charge in [-0.3, -0.25) is 10.0 Å². The Bertz CT molecular complexity index is 848. The first-order valence-corrected chi connectivity index (χ1v) is 9.93. The van der Waals surface area contributed by atoms with Crippen LogP contribution in [0.2, 0.25) is 5.02 Å². The van der Waals surface area contributed by atoms with E-state index in [9.17, 15) is 13.2 Å². The lowest BCUT2D eigenvalue weighted by atomic mass is 9.97. The molecule has 0 aliphatic rings. The van der Waals surface area contributed by atoms with Crippen molar-refractivity contribution in [2.45, 2.75) is 24.5 Å². The third kappa shape index (κ3) is 4.39. The van der Waals surface area contributed by atoms with Crippen molar-refractivity contribution in [1.82, 2.24) is 5.48 Å². The SMILES string of the molecule is C[C@@](CCc1ccc(-c2ccc(Cl)cc2)cc1)(C(=O)NO)S(C)(=O)=O. The predicted molar refractivity (Wildman–Crippen MR) is 98.4 cm³/mol. The molecule has 25 heavy (non-hydrogen) atoms. The zero-order chi connectivity index (χ0) is 18.7. The molecule has 1 atom stereocenters. The number of amides is 1. The maximum Gasteiger partial charge on any atom is 0.264 e. The number of hydrogen-bond donors (Lipinski definition) is 2. The van der Waals surface area contributed by atoms with E-state index in [2.05, 4.69) is 0 Å². The standard InChI is InChI=1S/C18H20ClNO4S/c1-18(17(21)20-22,25(2,23)24)12-11-13-3-5-14(6-4-13)15-7-9-16(19)10-8-15/h3-10,22H,11-12H2,1-2H3,(H,20,21)/t18-/m1/s1. The highest BCUT2D eigenvalue weighted by molar-refractivity contribution is 7.92. The maximum absolute atomic E-state index is 12.0. The highest BCUT2D eigenvalue weighted by Gasteiger charge is 2.43. The van der Waals surface area contributed by atoms with Gasteiger partial charge in [-0.05, 0) is 48.6 Å². The first-order valence-electron chi connectivity index (χ1n) is 7.66. The molecule has 2 aromatic carbocycles. The number of carbonyl (C=O) groups excluding carboxylic acids is 1. The largest absolute Gasteiger partial charge is 0.289 e. The Morgan fingerprint density at radius 1 is 1.08 bits per heavy atom. The van der Waals surface area contributed by atoms with Crippen molar-refractivity contribution in [2.75, 3.05) is 6.26 Å². The number of halogens is 1. The minimum Gasteiger partial charge on any atom is -0.289 e. The number of hydrogen-bond acceptors (Lipinski definition) is 4. The number of benzene rings is 2. The topological polar surface area (TPSA) is 83.5 Å². The van der Waals surface area contributed by atoms with Gasteiger partial charge in [-0.15, -0.1) is 0 Å². The van der Waals surface area contributed by atoms with E-state index < -0.39 is 20.5 Å². The van der Waals surface area contributed by atoms with E-state index in [1.807, 2.05) is 48.5 Å². The molecular formula is C18H20ClNO4S. The number of rotatable bonds is 6. The van der Waals surface area contributed by atoms with Crippen LogP contribution < -0.4 is 5.48 Å². The second kappa shape index (κ2) is 7.56. The number of nitrogens with one attached hydrogen (secondary N) is 1. The fourth-order valence-electron chi connectivity index (χ4n) is 2.47. The van der Waals surface area contributed by atoms with Gasteiger partial charge in [0, 0.05) is 11.3 Å². The highest BCUT2D eigenvalue weighted by atomic mass is 35.5. The molecule has 5 nitrogen and oxygen atoms in total. The number of sulfone groups is 1. The Balaban J connectivity index is 2.15.